The van der Waals surface area contributed by atoms with E-state index in [-0.39, 0.29) is 4.84 Å². The molecule has 0 amide bonds. The fourth-order valence-electron chi connectivity index (χ4n) is 1.53. The summed E-state index contributed by atoms with van der Waals surface area (Å²) >= 11 is 15.0. The zero-order chi connectivity index (χ0) is 16.7. The van der Waals surface area contributed by atoms with Crippen LogP contribution in [0.5, 0.6) is 0 Å². The second-order valence-electron chi connectivity index (χ2n) is 4.20. The first-order chi connectivity index (χ1) is 11.1. The van der Waals surface area contributed by atoms with Crippen molar-refractivity contribution in [2.75, 3.05) is 11.9 Å². The number of benzene rings is 1. The molecule has 0 saturated carbocycles. The van der Waals surface area contributed by atoms with Gasteiger partial charge in [-0.3, -0.25) is 10.9 Å². The molecule has 0 saturated heterocycles. The number of thiocarbonyl (C=S) groups is 2. The monoisotopic (exact) mass is 366 g/mol. The summed E-state index contributed by atoms with van der Waals surface area (Å²) in [5.41, 5.74) is 7.13. The fourth-order valence-corrected chi connectivity index (χ4v) is 1.96. The van der Waals surface area contributed by atoms with Crippen LogP contribution in [0.15, 0.2) is 41.3 Å². The predicted molar refractivity (Wildman–Crippen MR) is 100 cm³/mol. The highest BCUT2D eigenvalue weighted by Crippen LogP contribution is 2.19. The predicted octanol–water partition coefficient (Wildman–Crippen LogP) is 2.25. The SMILES string of the molecule is C=CCNC(=S)NNC(=S)Nc1ccc(-c2n[nH]c(=S)o2)cc1. The Morgan fingerprint density at radius 2 is 1.91 bits per heavy atom. The van der Waals surface area contributed by atoms with Crippen LogP contribution in [0.25, 0.3) is 11.5 Å². The Hall–Kier alpha value is -2.30. The van der Waals surface area contributed by atoms with Crippen LogP contribution in [0.1, 0.15) is 0 Å². The van der Waals surface area contributed by atoms with Gasteiger partial charge in [0.15, 0.2) is 10.2 Å². The summed E-state index contributed by atoms with van der Waals surface area (Å²) in [6.07, 6.45) is 1.70. The molecule has 0 fully saturated rings. The van der Waals surface area contributed by atoms with Gasteiger partial charge in [0.2, 0.25) is 5.89 Å². The smallest absolute Gasteiger partial charge is 0.284 e. The summed E-state index contributed by atoms with van der Waals surface area (Å²) in [6.45, 7) is 4.16. The van der Waals surface area contributed by atoms with Crippen LogP contribution in [0.4, 0.5) is 5.69 Å². The molecule has 5 N–H and O–H groups in total. The Morgan fingerprint density at radius 3 is 2.52 bits per heavy atom. The van der Waals surface area contributed by atoms with Crippen LogP contribution in [0.2, 0.25) is 0 Å². The van der Waals surface area contributed by atoms with Crippen molar-refractivity contribution in [3.63, 3.8) is 0 Å². The Bertz CT molecular complexity index is 752. The van der Waals surface area contributed by atoms with Gasteiger partial charge in [-0.25, -0.2) is 5.10 Å². The van der Waals surface area contributed by atoms with Gasteiger partial charge in [0.1, 0.15) is 0 Å². The fraction of sp³-hybridized carbons (Fsp3) is 0.0769. The van der Waals surface area contributed by atoms with E-state index in [1.165, 1.54) is 0 Å². The normalized spacial score (nSPS) is 9.74. The maximum atomic E-state index is 5.24. The molecule has 10 heteroatoms. The minimum absolute atomic E-state index is 0.236. The van der Waals surface area contributed by atoms with E-state index in [9.17, 15) is 0 Å². The number of hydrogen-bond donors (Lipinski definition) is 5. The number of nitrogens with one attached hydrogen (secondary N) is 5. The molecule has 2 rings (SSSR count). The third kappa shape index (κ3) is 5.43. The van der Waals surface area contributed by atoms with Crippen LogP contribution in [0, 0.1) is 4.84 Å². The molecule has 0 radical (unpaired) electrons. The topological polar surface area (TPSA) is 89.9 Å². The lowest BCUT2D eigenvalue weighted by Gasteiger charge is -2.13. The summed E-state index contributed by atoms with van der Waals surface area (Å²) in [6, 6.07) is 7.35. The Morgan fingerprint density at radius 1 is 1.22 bits per heavy atom. The number of anilines is 1. The molecule has 0 aliphatic carbocycles. The first kappa shape index (κ1) is 17.1. The Balaban J connectivity index is 1.85. The van der Waals surface area contributed by atoms with Gasteiger partial charge >= 0.3 is 0 Å². The van der Waals surface area contributed by atoms with Crippen molar-refractivity contribution in [3.8, 4) is 11.5 Å². The van der Waals surface area contributed by atoms with Gasteiger partial charge in [0.05, 0.1) is 0 Å². The lowest BCUT2D eigenvalue weighted by Crippen LogP contribution is -2.48. The van der Waals surface area contributed by atoms with E-state index in [1.54, 1.807) is 6.08 Å². The highest BCUT2D eigenvalue weighted by Gasteiger charge is 2.04. The van der Waals surface area contributed by atoms with E-state index in [0.29, 0.717) is 22.7 Å². The van der Waals surface area contributed by atoms with E-state index in [0.717, 1.165) is 11.3 Å². The van der Waals surface area contributed by atoms with Crippen LogP contribution in [-0.2, 0) is 0 Å². The van der Waals surface area contributed by atoms with Crippen molar-refractivity contribution in [2.24, 2.45) is 0 Å². The largest absolute Gasteiger partial charge is 0.409 e. The maximum Gasteiger partial charge on any atom is 0.284 e. The molecule has 1 aromatic carbocycles. The van der Waals surface area contributed by atoms with Gasteiger partial charge < -0.3 is 15.1 Å². The third-order valence-corrected chi connectivity index (χ3v) is 3.15. The zero-order valence-corrected chi connectivity index (χ0v) is 14.3. The quantitative estimate of drug-likeness (QED) is 0.317. The highest BCUT2D eigenvalue weighted by molar-refractivity contribution is 7.80. The first-order valence-electron chi connectivity index (χ1n) is 6.46. The Labute approximate surface area is 148 Å². The molecule has 0 atom stereocenters. The van der Waals surface area contributed by atoms with E-state index in [2.05, 4.69) is 38.3 Å². The molecule has 7 nitrogen and oxygen atoms in total. The minimum atomic E-state index is 0.236. The van der Waals surface area contributed by atoms with Gasteiger partial charge in [0.25, 0.3) is 4.84 Å². The lowest BCUT2D eigenvalue weighted by molar-refractivity contribution is 0.552. The van der Waals surface area contributed by atoms with E-state index in [1.807, 2.05) is 24.3 Å². The molecule has 1 aromatic heterocycles. The second-order valence-corrected chi connectivity index (χ2v) is 5.39. The van der Waals surface area contributed by atoms with E-state index >= 15 is 0 Å². The molecule has 1 heterocycles. The van der Waals surface area contributed by atoms with Gasteiger partial charge in [-0.05, 0) is 60.9 Å². The van der Waals surface area contributed by atoms with Gasteiger partial charge in [-0.1, -0.05) is 6.08 Å². The minimum Gasteiger partial charge on any atom is -0.409 e. The van der Waals surface area contributed by atoms with Crippen LogP contribution < -0.4 is 21.5 Å². The highest BCUT2D eigenvalue weighted by atomic mass is 32.1. The lowest BCUT2D eigenvalue weighted by atomic mass is 10.2. The molecule has 120 valence electrons. The van der Waals surface area contributed by atoms with Crippen molar-refractivity contribution in [1.82, 2.24) is 26.4 Å². The summed E-state index contributed by atoms with van der Waals surface area (Å²) in [7, 11) is 0. The van der Waals surface area contributed by atoms with Crippen LogP contribution in [0.3, 0.4) is 0 Å². The van der Waals surface area contributed by atoms with Crippen molar-refractivity contribution >= 4 is 52.6 Å². The molecule has 23 heavy (non-hydrogen) atoms. The number of aromatic nitrogens is 2. The van der Waals surface area contributed by atoms with Crippen molar-refractivity contribution in [2.45, 2.75) is 0 Å². The summed E-state index contributed by atoms with van der Waals surface area (Å²) in [5.74, 6) is 0.433. The van der Waals surface area contributed by atoms with Crippen molar-refractivity contribution in [3.05, 3.63) is 41.8 Å². The number of nitrogens with zero attached hydrogens (tertiary/aromatic N) is 1. The van der Waals surface area contributed by atoms with Crippen molar-refractivity contribution in [1.29, 1.82) is 0 Å². The molecular weight excluding hydrogens is 352 g/mol. The molecule has 0 aliphatic heterocycles. The zero-order valence-electron chi connectivity index (χ0n) is 11.9. The molecule has 2 aromatic rings. The standard InChI is InChI=1S/C13H14N6OS3/c1-2-7-14-11(21)17-18-12(22)15-9-5-3-8(4-6-9)10-16-19-13(23)20-10/h2-6H,1,7H2,(H,19,23)(H2,14,17,21)(H2,15,18,22). The van der Waals surface area contributed by atoms with E-state index < -0.39 is 0 Å². The number of hydrazine groups is 1. The van der Waals surface area contributed by atoms with Gasteiger partial charge in [-0.15, -0.1) is 11.7 Å². The first-order valence-corrected chi connectivity index (χ1v) is 7.68. The van der Waals surface area contributed by atoms with Crippen LogP contribution in [-0.4, -0.2) is 27.0 Å². The Kier molecular flexibility index (Phi) is 6.20. The van der Waals surface area contributed by atoms with E-state index in [4.69, 9.17) is 41.1 Å². The van der Waals surface area contributed by atoms with Gasteiger partial charge in [-0.2, -0.15) is 0 Å². The number of hydrogen-bond acceptors (Lipinski definition) is 5. The number of H-pyrrole nitrogens is 1. The number of aromatic amines is 1. The summed E-state index contributed by atoms with van der Waals surface area (Å²) in [4.78, 5) is 0.236. The van der Waals surface area contributed by atoms with Crippen molar-refractivity contribution < 1.29 is 4.42 Å². The second kappa shape index (κ2) is 8.36. The number of rotatable bonds is 4. The van der Waals surface area contributed by atoms with Gasteiger partial charge in [0, 0.05) is 17.8 Å². The summed E-state index contributed by atoms with van der Waals surface area (Å²) < 4.78 is 5.24. The maximum absolute atomic E-state index is 5.24. The summed E-state index contributed by atoms with van der Waals surface area (Å²) in [5, 5.41) is 13.2. The average molecular weight is 366 g/mol. The third-order valence-electron chi connectivity index (χ3n) is 2.52. The molecular formula is C13H14N6OS3. The molecule has 0 spiro atoms. The molecule has 0 bridgehead atoms. The van der Waals surface area contributed by atoms with Crippen LogP contribution >= 0.6 is 36.7 Å². The molecule has 0 aliphatic rings. The molecule has 0 unspecified atom stereocenters. The average Bonchev–Trinajstić information content (AvgIpc) is 2.98.